The van der Waals surface area contributed by atoms with Crippen LogP contribution in [0, 0.1) is 0 Å². The molecule has 4 rings (SSSR count). The van der Waals surface area contributed by atoms with Crippen LogP contribution in [-0.4, -0.2) is 37.1 Å². The lowest BCUT2D eigenvalue weighted by molar-refractivity contribution is 0.416. The van der Waals surface area contributed by atoms with Crippen LogP contribution in [0.5, 0.6) is 5.75 Å². The van der Waals surface area contributed by atoms with E-state index in [1.807, 2.05) is 30.3 Å². The molecule has 3 aromatic heterocycles. The Morgan fingerprint density at radius 1 is 1.00 bits per heavy atom. The Labute approximate surface area is 178 Å². The van der Waals surface area contributed by atoms with Gasteiger partial charge < -0.3 is 10.5 Å². The summed E-state index contributed by atoms with van der Waals surface area (Å²) in [5.41, 5.74) is 10.4. The average Bonchev–Trinajstić information content (AvgIpc) is 3.21. The van der Waals surface area contributed by atoms with Crippen LogP contribution in [-0.2, 0) is 13.0 Å². The van der Waals surface area contributed by atoms with Crippen LogP contribution in [0.4, 0.5) is 5.95 Å². The van der Waals surface area contributed by atoms with Gasteiger partial charge in [-0.2, -0.15) is 0 Å². The highest BCUT2D eigenvalue weighted by molar-refractivity contribution is 6.32. The van der Waals surface area contributed by atoms with Crippen LogP contribution < -0.4 is 10.5 Å². The third kappa shape index (κ3) is 4.08. The van der Waals surface area contributed by atoms with Crippen LogP contribution in [0.2, 0.25) is 5.02 Å². The molecule has 0 saturated carbocycles. The van der Waals surface area contributed by atoms with Crippen LogP contribution in [0.25, 0.3) is 22.6 Å². The topological polar surface area (TPSA) is 105 Å². The van der Waals surface area contributed by atoms with Gasteiger partial charge in [0.2, 0.25) is 5.95 Å². The molecule has 0 aliphatic carbocycles. The Kier molecular flexibility index (Phi) is 5.58. The molecule has 0 saturated heterocycles. The maximum absolute atomic E-state index is 6.25. The summed E-state index contributed by atoms with van der Waals surface area (Å²) in [6.07, 6.45) is 2.69. The summed E-state index contributed by atoms with van der Waals surface area (Å²) < 4.78 is 7.15. The second-order valence-corrected chi connectivity index (χ2v) is 7.00. The van der Waals surface area contributed by atoms with E-state index in [1.165, 1.54) is 0 Å². The largest absolute Gasteiger partial charge is 0.494 e. The molecule has 0 fully saturated rings. The summed E-state index contributed by atoms with van der Waals surface area (Å²) in [5, 5.41) is 8.93. The van der Waals surface area contributed by atoms with E-state index in [4.69, 9.17) is 22.1 Å². The number of hydrogen-bond acceptors (Lipinski definition) is 7. The SMILES string of the molecule is CCc1cccc(Cn2cc(-c3cc(-c4cccc(Cl)c4OC)nc(N)n3)nn2)n1. The molecular weight excluding hydrogens is 402 g/mol. The van der Waals surface area contributed by atoms with Crippen LogP contribution in [0.15, 0.2) is 48.7 Å². The molecule has 152 valence electrons. The van der Waals surface area contributed by atoms with E-state index in [-0.39, 0.29) is 5.95 Å². The number of anilines is 1. The number of benzene rings is 1. The number of hydrogen-bond donors (Lipinski definition) is 1. The molecule has 0 aliphatic rings. The van der Waals surface area contributed by atoms with Gasteiger partial charge in [0.1, 0.15) is 11.4 Å². The molecule has 2 N–H and O–H groups in total. The lowest BCUT2D eigenvalue weighted by Gasteiger charge is -2.10. The first kappa shape index (κ1) is 19.8. The van der Waals surface area contributed by atoms with Gasteiger partial charge in [-0.25, -0.2) is 14.6 Å². The van der Waals surface area contributed by atoms with Gasteiger partial charge >= 0.3 is 0 Å². The van der Waals surface area contributed by atoms with Crippen LogP contribution in [0.1, 0.15) is 18.3 Å². The lowest BCUT2D eigenvalue weighted by Crippen LogP contribution is -2.03. The molecule has 8 nitrogen and oxygen atoms in total. The number of para-hydroxylation sites is 1. The van der Waals surface area contributed by atoms with Gasteiger partial charge in [0.25, 0.3) is 0 Å². The Hall–Kier alpha value is -3.52. The first-order chi connectivity index (χ1) is 14.6. The number of aryl methyl sites for hydroxylation is 1. The fourth-order valence-corrected chi connectivity index (χ4v) is 3.38. The Bertz CT molecular complexity index is 1190. The maximum Gasteiger partial charge on any atom is 0.221 e. The van der Waals surface area contributed by atoms with Gasteiger partial charge in [-0.1, -0.05) is 35.9 Å². The van der Waals surface area contributed by atoms with Crippen molar-refractivity contribution in [2.45, 2.75) is 19.9 Å². The highest BCUT2D eigenvalue weighted by Crippen LogP contribution is 2.36. The van der Waals surface area contributed by atoms with Crippen molar-refractivity contribution >= 4 is 17.5 Å². The highest BCUT2D eigenvalue weighted by Gasteiger charge is 2.15. The summed E-state index contributed by atoms with van der Waals surface area (Å²) in [4.78, 5) is 13.3. The zero-order valence-corrected chi connectivity index (χ0v) is 17.3. The number of pyridine rings is 1. The Morgan fingerprint density at radius 3 is 2.57 bits per heavy atom. The van der Waals surface area contributed by atoms with Gasteiger partial charge in [-0.05, 0) is 36.8 Å². The molecule has 0 amide bonds. The highest BCUT2D eigenvalue weighted by atomic mass is 35.5. The van der Waals surface area contributed by atoms with Gasteiger partial charge in [-0.3, -0.25) is 4.98 Å². The molecule has 3 heterocycles. The van der Waals surface area contributed by atoms with Crippen molar-refractivity contribution in [2.75, 3.05) is 12.8 Å². The van der Waals surface area contributed by atoms with E-state index >= 15 is 0 Å². The van der Waals surface area contributed by atoms with E-state index in [0.29, 0.717) is 40.0 Å². The first-order valence-electron chi connectivity index (χ1n) is 9.40. The second kappa shape index (κ2) is 8.46. The Balaban J connectivity index is 1.67. The van der Waals surface area contributed by atoms with E-state index in [0.717, 1.165) is 17.8 Å². The average molecular weight is 422 g/mol. The van der Waals surface area contributed by atoms with Gasteiger partial charge in [0, 0.05) is 11.3 Å². The molecule has 30 heavy (non-hydrogen) atoms. The zero-order chi connectivity index (χ0) is 21.1. The van der Waals surface area contributed by atoms with E-state index in [9.17, 15) is 0 Å². The predicted molar refractivity (Wildman–Crippen MR) is 115 cm³/mol. The van der Waals surface area contributed by atoms with Gasteiger partial charge in [-0.15, -0.1) is 5.10 Å². The number of nitrogens with zero attached hydrogens (tertiary/aromatic N) is 6. The molecule has 0 atom stereocenters. The smallest absolute Gasteiger partial charge is 0.221 e. The minimum absolute atomic E-state index is 0.122. The first-order valence-corrected chi connectivity index (χ1v) is 9.78. The maximum atomic E-state index is 6.25. The molecule has 0 bridgehead atoms. The number of nitrogen functional groups attached to an aromatic ring is 1. The minimum Gasteiger partial charge on any atom is -0.494 e. The van der Waals surface area contributed by atoms with Crippen molar-refractivity contribution < 1.29 is 4.74 Å². The minimum atomic E-state index is 0.122. The lowest BCUT2D eigenvalue weighted by atomic mass is 10.1. The van der Waals surface area contributed by atoms with Crippen molar-refractivity contribution in [3.05, 3.63) is 65.1 Å². The number of ether oxygens (including phenoxy) is 1. The molecule has 0 unspecified atom stereocenters. The van der Waals surface area contributed by atoms with Crippen LogP contribution >= 0.6 is 11.6 Å². The van der Waals surface area contributed by atoms with Crippen molar-refractivity contribution in [1.82, 2.24) is 29.9 Å². The quantitative estimate of drug-likeness (QED) is 0.506. The van der Waals surface area contributed by atoms with Crippen LogP contribution in [0.3, 0.4) is 0 Å². The van der Waals surface area contributed by atoms with Crippen molar-refractivity contribution in [1.29, 1.82) is 0 Å². The number of nitrogens with two attached hydrogens (primary N) is 1. The normalized spacial score (nSPS) is 10.9. The third-order valence-corrected chi connectivity index (χ3v) is 4.84. The molecule has 0 aliphatic heterocycles. The van der Waals surface area contributed by atoms with Gasteiger partial charge in [0.05, 0.1) is 42.0 Å². The summed E-state index contributed by atoms with van der Waals surface area (Å²) >= 11 is 6.25. The molecule has 4 aromatic rings. The number of methoxy groups -OCH3 is 1. The van der Waals surface area contributed by atoms with Crippen molar-refractivity contribution in [3.8, 4) is 28.4 Å². The van der Waals surface area contributed by atoms with Crippen molar-refractivity contribution in [2.24, 2.45) is 0 Å². The number of aromatic nitrogens is 6. The molecule has 9 heteroatoms. The Morgan fingerprint density at radius 2 is 1.77 bits per heavy atom. The van der Waals surface area contributed by atoms with E-state index < -0.39 is 0 Å². The predicted octanol–water partition coefficient (Wildman–Crippen LogP) is 3.65. The summed E-state index contributed by atoms with van der Waals surface area (Å²) in [6, 6.07) is 13.2. The standard InChI is InChI=1S/C21H20ClN7O/c1-3-13-6-4-7-14(24-13)11-29-12-19(27-28-29)18-10-17(25-21(23)26-18)15-8-5-9-16(22)20(15)30-2/h4-10,12H,3,11H2,1-2H3,(H2,23,25,26). The monoisotopic (exact) mass is 421 g/mol. The summed E-state index contributed by atoms with van der Waals surface area (Å²) in [5.74, 6) is 0.644. The van der Waals surface area contributed by atoms with E-state index in [1.54, 1.807) is 30.1 Å². The summed E-state index contributed by atoms with van der Waals surface area (Å²) in [6.45, 7) is 2.59. The fraction of sp³-hybridized carbons (Fsp3) is 0.190. The van der Waals surface area contributed by atoms with Gasteiger partial charge in [0.15, 0.2) is 0 Å². The van der Waals surface area contributed by atoms with Crippen molar-refractivity contribution in [3.63, 3.8) is 0 Å². The third-order valence-electron chi connectivity index (χ3n) is 4.54. The number of rotatable bonds is 6. The molecule has 1 aromatic carbocycles. The molecule has 0 spiro atoms. The van der Waals surface area contributed by atoms with E-state index in [2.05, 4.69) is 32.2 Å². The molecule has 0 radical (unpaired) electrons. The number of halogens is 1. The summed E-state index contributed by atoms with van der Waals surface area (Å²) in [7, 11) is 1.56. The molecular formula is C21H20ClN7O. The fourth-order valence-electron chi connectivity index (χ4n) is 3.13. The second-order valence-electron chi connectivity index (χ2n) is 6.59. The zero-order valence-electron chi connectivity index (χ0n) is 16.6.